The van der Waals surface area contributed by atoms with Crippen LogP contribution in [0.15, 0.2) is 12.4 Å². The number of carboxylic acid groups (broad SMARTS) is 1. The Balaban J connectivity index is 2.44. The minimum absolute atomic E-state index is 0.305. The molecule has 0 unspecified atom stereocenters. The zero-order chi connectivity index (χ0) is 15.1. The van der Waals surface area contributed by atoms with Crippen LogP contribution in [0, 0.1) is 0 Å². The van der Waals surface area contributed by atoms with E-state index in [2.05, 4.69) is 10.4 Å². The minimum atomic E-state index is -1.21. The number of primary amides is 1. The monoisotopic (exact) mass is 283 g/mol. The lowest BCUT2D eigenvalue weighted by molar-refractivity contribution is -0.137. The Bertz CT molecular complexity index is 483. The lowest BCUT2D eigenvalue weighted by atomic mass is 10.2. The van der Waals surface area contributed by atoms with Gasteiger partial charge in [-0.05, 0) is 12.0 Å². The van der Waals surface area contributed by atoms with Gasteiger partial charge in [-0.1, -0.05) is 0 Å². The molecular formula is C11H17N5O4. The van der Waals surface area contributed by atoms with Gasteiger partial charge in [-0.3, -0.25) is 14.3 Å². The molecular weight excluding hydrogens is 266 g/mol. The Morgan fingerprint density at radius 2 is 2.15 bits per heavy atom. The summed E-state index contributed by atoms with van der Waals surface area (Å²) in [5, 5.41) is 15.2. The lowest BCUT2D eigenvalue weighted by Crippen LogP contribution is -2.47. The number of carbonyl (C=O) groups is 3. The van der Waals surface area contributed by atoms with Crippen molar-refractivity contribution in [3.8, 4) is 0 Å². The van der Waals surface area contributed by atoms with E-state index in [0.717, 1.165) is 10.5 Å². The van der Waals surface area contributed by atoms with Crippen molar-refractivity contribution in [2.45, 2.75) is 6.42 Å². The highest BCUT2D eigenvalue weighted by atomic mass is 16.4. The second-order valence-corrected chi connectivity index (χ2v) is 4.22. The first kappa shape index (κ1) is 15.5. The number of nitrogens with two attached hydrogens (primary N) is 1. The number of hydrogen-bond acceptors (Lipinski definition) is 4. The smallest absolute Gasteiger partial charge is 0.323 e. The van der Waals surface area contributed by atoms with Crippen molar-refractivity contribution in [1.82, 2.24) is 20.0 Å². The number of urea groups is 1. The van der Waals surface area contributed by atoms with Gasteiger partial charge in [0, 0.05) is 19.8 Å². The third kappa shape index (κ3) is 5.38. The number of nitrogens with zero attached hydrogens (tertiary/aromatic N) is 3. The molecule has 1 rings (SSSR count). The molecule has 20 heavy (non-hydrogen) atoms. The van der Waals surface area contributed by atoms with Crippen LogP contribution in [0.2, 0.25) is 0 Å². The number of aromatic nitrogens is 2. The molecule has 0 saturated heterocycles. The Morgan fingerprint density at radius 3 is 2.65 bits per heavy atom. The third-order valence-electron chi connectivity index (χ3n) is 2.41. The lowest BCUT2D eigenvalue weighted by Gasteiger charge is -2.19. The zero-order valence-corrected chi connectivity index (χ0v) is 11.1. The predicted octanol–water partition coefficient (Wildman–Crippen LogP) is -1.46. The average molecular weight is 283 g/mol. The number of hydrogen-bond donors (Lipinski definition) is 3. The fourth-order valence-corrected chi connectivity index (χ4v) is 1.58. The standard InChI is InChI=1S/C11H17N5O4/c1-15-5-8(4-14-15)2-3-13-11(20)16(6-9(12)17)7-10(18)19/h4-5H,2-3,6-7H2,1H3,(H2,12,17)(H,13,20)(H,18,19). The van der Waals surface area contributed by atoms with E-state index in [0.29, 0.717) is 13.0 Å². The van der Waals surface area contributed by atoms with Crippen LogP contribution in [0.4, 0.5) is 4.79 Å². The quantitative estimate of drug-likeness (QED) is 0.563. The Hall–Kier alpha value is -2.58. The first-order valence-electron chi connectivity index (χ1n) is 5.89. The van der Waals surface area contributed by atoms with E-state index in [1.165, 1.54) is 0 Å². The molecule has 1 aromatic rings. The number of aryl methyl sites for hydroxylation is 1. The maximum atomic E-state index is 11.7. The minimum Gasteiger partial charge on any atom is -0.480 e. The summed E-state index contributed by atoms with van der Waals surface area (Å²) in [7, 11) is 1.78. The maximum absolute atomic E-state index is 11.7. The SMILES string of the molecule is Cn1cc(CCNC(=O)N(CC(N)=O)CC(=O)O)cn1. The molecule has 0 spiro atoms. The molecule has 3 amide bonds. The molecule has 0 aliphatic rings. The van der Waals surface area contributed by atoms with Crippen molar-refractivity contribution in [2.75, 3.05) is 19.6 Å². The second kappa shape index (κ2) is 7.12. The van der Waals surface area contributed by atoms with Crippen molar-refractivity contribution in [2.24, 2.45) is 12.8 Å². The van der Waals surface area contributed by atoms with E-state index in [1.54, 1.807) is 17.9 Å². The number of amides is 3. The Morgan fingerprint density at radius 1 is 1.45 bits per heavy atom. The van der Waals surface area contributed by atoms with Crippen molar-refractivity contribution < 1.29 is 19.5 Å². The molecule has 9 nitrogen and oxygen atoms in total. The molecule has 1 aromatic heterocycles. The Labute approximate surface area is 115 Å². The highest BCUT2D eigenvalue weighted by molar-refractivity contribution is 5.85. The molecule has 0 aliphatic carbocycles. The second-order valence-electron chi connectivity index (χ2n) is 4.22. The van der Waals surface area contributed by atoms with Gasteiger partial charge in [0.15, 0.2) is 0 Å². The van der Waals surface area contributed by atoms with E-state index < -0.39 is 31.0 Å². The molecule has 0 saturated carbocycles. The van der Waals surface area contributed by atoms with E-state index in [4.69, 9.17) is 10.8 Å². The maximum Gasteiger partial charge on any atom is 0.323 e. The van der Waals surface area contributed by atoms with E-state index in [1.807, 2.05) is 6.20 Å². The van der Waals surface area contributed by atoms with Crippen molar-refractivity contribution >= 4 is 17.9 Å². The highest BCUT2D eigenvalue weighted by Crippen LogP contribution is 1.97. The van der Waals surface area contributed by atoms with Gasteiger partial charge in [0.1, 0.15) is 13.1 Å². The molecule has 0 radical (unpaired) electrons. The number of rotatable bonds is 7. The average Bonchev–Trinajstić information content (AvgIpc) is 2.73. The van der Waals surface area contributed by atoms with Crippen LogP contribution in [-0.2, 0) is 23.1 Å². The number of carbonyl (C=O) groups excluding carboxylic acids is 2. The normalized spacial score (nSPS) is 10.1. The van der Waals surface area contributed by atoms with Crippen LogP contribution in [0.25, 0.3) is 0 Å². The fourth-order valence-electron chi connectivity index (χ4n) is 1.58. The van der Waals surface area contributed by atoms with Crippen LogP contribution in [0.5, 0.6) is 0 Å². The summed E-state index contributed by atoms with van der Waals surface area (Å²) in [6, 6.07) is -0.643. The third-order valence-corrected chi connectivity index (χ3v) is 2.41. The number of carboxylic acids is 1. The summed E-state index contributed by atoms with van der Waals surface area (Å²) in [5.74, 6) is -1.98. The van der Waals surface area contributed by atoms with E-state index >= 15 is 0 Å². The molecule has 110 valence electrons. The van der Waals surface area contributed by atoms with Gasteiger partial charge in [-0.2, -0.15) is 5.10 Å². The number of nitrogens with one attached hydrogen (secondary N) is 1. The zero-order valence-electron chi connectivity index (χ0n) is 11.1. The summed E-state index contributed by atoms with van der Waals surface area (Å²) in [6.45, 7) is -0.716. The largest absolute Gasteiger partial charge is 0.480 e. The van der Waals surface area contributed by atoms with Gasteiger partial charge in [0.05, 0.1) is 6.20 Å². The number of aliphatic carboxylic acids is 1. The van der Waals surface area contributed by atoms with Gasteiger partial charge in [0.25, 0.3) is 0 Å². The molecule has 0 aromatic carbocycles. The first-order valence-corrected chi connectivity index (χ1v) is 5.89. The van der Waals surface area contributed by atoms with E-state index in [-0.39, 0.29) is 0 Å². The summed E-state index contributed by atoms with van der Waals surface area (Å²) in [5.41, 5.74) is 5.90. The van der Waals surface area contributed by atoms with Crippen molar-refractivity contribution in [3.05, 3.63) is 18.0 Å². The van der Waals surface area contributed by atoms with Crippen molar-refractivity contribution in [1.29, 1.82) is 0 Å². The molecule has 9 heteroatoms. The predicted molar refractivity (Wildman–Crippen MR) is 68.7 cm³/mol. The van der Waals surface area contributed by atoms with Gasteiger partial charge in [0.2, 0.25) is 5.91 Å². The summed E-state index contributed by atoms with van der Waals surface area (Å²) in [4.78, 5) is 34.0. The van der Waals surface area contributed by atoms with Gasteiger partial charge < -0.3 is 21.1 Å². The van der Waals surface area contributed by atoms with Gasteiger partial charge >= 0.3 is 12.0 Å². The molecule has 4 N–H and O–H groups in total. The molecule has 0 atom stereocenters. The van der Waals surface area contributed by atoms with Crippen molar-refractivity contribution in [3.63, 3.8) is 0 Å². The molecule has 1 heterocycles. The van der Waals surface area contributed by atoms with Crippen LogP contribution < -0.4 is 11.1 Å². The highest BCUT2D eigenvalue weighted by Gasteiger charge is 2.18. The van der Waals surface area contributed by atoms with Crippen LogP contribution in [0.3, 0.4) is 0 Å². The fraction of sp³-hybridized carbons (Fsp3) is 0.455. The Kier molecular flexibility index (Phi) is 5.51. The van der Waals surface area contributed by atoms with Crippen LogP contribution in [-0.4, -0.2) is 57.3 Å². The summed E-state index contributed by atoms with van der Waals surface area (Å²) >= 11 is 0. The van der Waals surface area contributed by atoms with Gasteiger partial charge in [-0.15, -0.1) is 0 Å². The summed E-state index contributed by atoms with van der Waals surface area (Å²) in [6.07, 6.45) is 4.03. The topological polar surface area (TPSA) is 131 Å². The van der Waals surface area contributed by atoms with E-state index in [9.17, 15) is 14.4 Å². The molecule has 0 bridgehead atoms. The summed E-state index contributed by atoms with van der Waals surface area (Å²) < 4.78 is 1.64. The molecule has 0 aliphatic heterocycles. The molecule has 0 fully saturated rings. The van der Waals surface area contributed by atoms with Gasteiger partial charge in [-0.25, -0.2) is 4.79 Å². The first-order chi connectivity index (χ1) is 9.38. The van der Waals surface area contributed by atoms with Crippen LogP contribution in [0.1, 0.15) is 5.56 Å². The van der Waals surface area contributed by atoms with Crippen LogP contribution >= 0.6 is 0 Å².